The van der Waals surface area contributed by atoms with E-state index in [0.29, 0.717) is 35.7 Å². The molecular formula is C19H20F3N5O. The Morgan fingerprint density at radius 2 is 1.86 bits per heavy atom. The van der Waals surface area contributed by atoms with Crippen LogP contribution in [0.4, 0.5) is 19.0 Å². The average molecular weight is 391 g/mol. The van der Waals surface area contributed by atoms with E-state index < -0.39 is 11.7 Å². The molecule has 148 valence electrons. The number of aryl methyl sites for hydroxylation is 1. The van der Waals surface area contributed by atoms with Gasteiger partial charge in [0.25, 0.3) is 5.91 Å². The number of alkyl halides is 3. The van der Waals surface area contributed by atoms with Gasteiger partial charge >= 0.3 is 6.18 Å². The summed E-state index contributed by atoms with van der Waals surface area (Å²) in [7, 11) is 0. The van der Waals surface area contributed by atoms with E-state index >= 15 is 0 Å². The van der Waals surface area contributed by atoms with Gasteiger partial charge in [0.2, 0.25) is 0 Å². The molecule has 1 fully saturated rings. The fourth-order valence-corrected chi connectivity index (χ4v) is 3.74. The number of fused-ring (bicyclic) bond motifs is 1. The number of hydrogen-bond donors (Lipinski definition) is 0. The maximum Gasteiger partial charge on any atom is 0.417 e. The lowest BCUT2D eigenvalue weighted by atomic mass is 10.0. The number of aromatic nitrogens is 3. The van der Waals surface area contributed by atoms with Crippen LogP contribution in [0.25, 0.3) is 0 Å². The Bertz CT molecular complexity index is 909. The zero-order valence-electron chi connectivity index (χ0n) is 15.5. The van der Waals surface area contributed by atoms with Crippen molar-refractivity contribution in [3.63, 3.8) is 0 Å². The first kappa shape index (κ1) is 18.6. The van der Waals surface area contributed by atoms with Crippen LogP contribution < -0.4 is 4.90 Å². The molecule has 1 saturated heterocycles. The van der Waals surface area contributed by atoms with Crippen molar-refractivity contribution in [1.29, 1.82) is 0 Å². The number of hydrogen-bond acceptors (Lipinski definition) is 5. The van der Waals surface area contributed by atoms with Crippen molar-refractivity contribution in [3.05, 3.63) is 46.4 Å². The van der Waals surface area contributed by atoms with E-state index in [-0.39, 0.29) is 12.5 Å². The summed E-state index contributed by atoms with van der Waals surface area (Å²) < 4.78 is 38.9. The topological polar surface area (TPSA) is 62.2 Å². The molecule has 28 heavy (non-hydrogen) atoms. The molecule has 0 aromatic carbocycles. The van der Waals surface area contributed by atoms with E-state index in [4.69, 9.17) is 0 Å². The Kier molecular flexibility index (Phi) is 4.68. The highest BCUT2D eigenvalue weighted by Gasteiger charge is 2.33. The van der Waals surface area contributed by atoms with Gasteiger partial charge in [0.05, 0.1) is 5.56 Å². The van der Waals surface area contributed by atoms with Crippen LogP contribution >= 0.6 is 0 Å². The monoisotopic (exact) mass is 391 g/mol. The number of amides is 1. The third-order valence-electron chi connectivity index (χ3n) is 5.24. The molecule has 6 nitrogen and oxygen atoms in total. The Morgan fingerprint density at radius 3 is 2.54 bits per heavy atom. The SMILES string of the molecule is Cc1cc(C(=O)N2CCCC2)nnc1N1CCc2ncc(C(F)(F)F)cc2C1. The van der Waals surface area contributed by atoms with Crippen molar-refractivity contribution >= 4 is 11.7 Å². The summed E-state index contributed by atoms with van der Waals surface area (Å²) in [6.45, 7) is 4.17. The van der Waals surface area contributed by atoms with Crippen LogP contribution in [-0.4, -0.2) is 45.6 Å². The van der Waals surface area contributed by atoms with Crippen LogP contribution in [0.15, 0.2) is 18.3 Å². The molecule has 0 atom stereocenters. The van der Waals surface area contributed by atoms with E-state index in [1.165, 1.54) is 0 Å². The van der Waals surface area contributed by atoms with Crippen LogP contribution in [-0.2, 0) is 19.1 Å². The summed E-state index contributed by atoms with van der Waals surface area (Å²) in [6, 6.07) is 2.87. The van der Waals surface area contributed by atoms with Gasteiger partial charge in [0.15, 0.2) is 11.5 Å². The van der Waals surface area contributed by atoms with Crippen molar-refractivity contribution in [3.8, 4) is 0 Å². The molecule has 0 aliphatic carbocycles. The Balaban J connectivity index is 1.56. The average Bonchev–Trinajstić information content (AvgIpc) is 3.20. The van der Waals surface area contributed by atoms with E-state index in [2.05, 4.69) is 15.2 Å². The van der Waals surface area contributed by atoms with Gasteiger partial charge in [-0.3, -0.25) is 9.78 Å². The first-order chi connectivity index (χ1) is 13.3. The summed E-state index contributed by atoms with van der Waals surface area (Å²) in [5.41, 5.74) is 1.56. The number of pyridine rings is 1. The van der Waals surface area contributed by atoms with Gasteiger partial charge in [0, 0.05) is 44.5 Å². The third-order valence-corrected chi connectivity index (χ3v) is 5.24. The Labute approximate surface area is 160 Å². The van der Waals surface area contributed by atoms with Gasteiger partial charge in [-0.25, -0.2) is 0 Å². The van der Waals surface area contributed by atoms with Gasteiger partial charge in [0.1, 0.15) is 0 Å². The fourth-order valence-electron chi connectivity index (χ4n) is 3.74. The maximum absolute atomic E-state index is 13.0. The fraction of sp³-hybridized carbons (Fsp3) is 0.474. The minimum absolute atomic E-state index is 0.123. The molecule has 0 spiro atoms. The highest BCUT2D eigenvalue weighted by atomic mass is 19.4. The van der Waals surface area contributed by atoms with E-state index in [1.807, 2.05) is 11.8 Å². The molecule has 4 heterocycles. The number of rotatable bonds is 2. The van der Waals surface area contributed by atoms with Gasteiger partial charge in [-0.05, 0) is 43.0 Å². The lowest BCUT2D eigenvalue weighted by Gasteiger charge is -2.30. The second-order valence-electron chi connectivity index (χ2n) is 7.23. The van der Waals surface area contributed by atoms with Crippen LogP contribution in [0, 0.1) is 6.92 Å². The highest BCUT2D eigenvalue weighted by molar-refractivity contribution is 5.92. The van der Waals surface area contributed by atoms with E-state index in [0.717, 1.165) is 43.8 Å². The van der Waals surface area contributed by atoms with Gasteiger partial charge < -0.3 is 9.80 Å². The summed E-state index contributed by atoms with van der Waals surface area (Å²) in [5.74, 6) is 0.462. The minimum atomic E-state index is -4.42. The molecule has 2 aliphatic rings. The smallest absolute Gasteiger partial charge is 0.350 e. The van der Waals surface area contributed by atoms with Crippen molar-refractivity contribution in [2.24, 2.45) is 0 Å². The number of halogens is 3. The van der Waals surface area contributed by atoms with Gasteiger partial charge in [-0.15, -0.1) is 10.2 Å². The number of likely N-dealkylation sites (tertiary alicyclic amines) is 1. The van der Waals surface area contributed by atoms with Crippen molar-refractivity contribution in [1.82, 2.24) is 20.1 Å². The molecule has 0 N–H and O–H groups in total. The molecular weight excluding hydrogens is 371 g/mol. The predicted molar refractivity (Wildman–Crippen MR) is 95.9 cm³/mol. The largest absolute Gasteiger partial charge is 0.417 e. The molecule has 0 radical (unpaired) electrons. The van der Waals surface area contributed by atoms with Crippen molar-refractivity contribution < 1.29 is 18.0 Å². The Hall–Kier alpha value is -2.71. The van der Waals surface area contributed by atoms with Crippen LogP contribution in [0.3, 0.4) is 0 Å². The number of carbonyl (C=O) groups excluding carboxylic acids is 1. The molecule has 1 amide bonds. The van der Waals surface area contributed by atoms with Crippen LogP contribution in [0.2, 0.25) is 0 Å². The predicted octanol–water partition coefficient (Wildman–Crippen LogP) is 3.00. The third kappa shape index (κ3) is 3.53. The molecule has 2 aromatic rings. The molecule has 4 rings (SSSR count). The highest BCUT2D eigenvalue weighted by Crippen LogP contribution is 2.32. The summed E-state index contributed by atoms with van der Waals surface area (Å²) in [6.07, 6.45) is -1.01. The number of carbonyl (C=O) groups is 1. The zero-order valence-corrected chi connectivity index (χ0v) is 15.5. The maximum atomic E-state index is 13.0. The summed E-state index contributed by atoms with van der Waals surface area (Å²) in [4.78, 5) is 20.1. The summed E-state index contributed by atoms with van der Waals surface area (Å²) in [5, 5.41) is 8.32. The lowest BCUT2D eigenvalue weighted by Crippen LogP contribution is -2.33. The first-order valence-electron chi connectivity index (χ1n) is 9.26. The second-order valence-corrected chi connectivity index (χ2v) is 7.23. The molecule has 0 bridgehead atoms. The zero-order chi connectivity index (χ0) is 19.9. The lowest BCUT2D eigenvalue weighted by molar-refractivity contribution is -0.137. The van der Waals surface area contributed by atoms with E-state index in [1.54, 1.807) is 11.0 Å². The van der Waals surface area contributed by atoms with Gasteiger partial charge in [-0.1, -0.05) is 0 Å². The van der Waals surface area contributed by atoms with Crippen molar-refractivity contribution in [2.45, 2.75) is 38.9 Å². The normalized spacial score (nSPS) is 17.0. The molecule has 0 unspecified atom stereocenters. The van der Waals surface area contributed by atoms with Crippen LogP contribution in [0.5, 0.6) is 0 Å². The molecule has 0 saturated carbocycles. The summed E-state index contributed by atoms with van der Waals surface area (Å²) >= 11 is 0. The number of anilines is 1. The first-order valence-corrected chi connectivity index (χ1v) is 9.26. The van der Waals surface area contributed by atoms with E-state index in [9.17, 15) is 18.0 Å². The second kappa shape index (κ2) is 7.03. The molecule has 2 aliphatic heterocycles. The molecule has 2 aromatic heterocycles. The Morgan fingerprint density at radius 1 is 1.11 bits per heavy atom. The standard InChI is InChI=1S/C19H20F3N5O/c1-12-8-16(18(28)26-5-2-3-6-26)24-25-17(12)27-7-4-15-13(11-27)9-14(10-23-15)19(20,21)22/h8-10H,2-7,11H2,1H3. The number of nitrogens with zero attached hydrogens (tertiary/aromatic N) is 5. The molecule has 9 heteroatoms. The minimum Gasteiger partial charge on any atom is -0.350 e. The quantitative estimate of drug-likeness (QED) is 0.788. The van der Waals surface area contributed by atoms with Gasteiger partial charge in [-0.2, -0.15) is 13.2 Å². The van der Waals surface area contributed by atoms with Crippen molar-refractivity contribution in [2.75, 3.05) is 24.5 Å². The van der Waals surface area contributed by atoms with Crippen LogP contribution in [0.1, 0.15) is 45.7 Å².